The van der Waals surface area contributed by atoms with E-state index in [-0.39, 0.29) is 10.7 Å². The lowest BCUT2D eigenvalue weighted by Gasteiger charge is -2.07. The monoisotopic (exact) mass is 221 g/mol. The van der Waals surface area contributed by atoms with E-state index in [1.165, 1.54) is 0 Å². The lowest BCUT2D eigenvalue weighted by molar-refractivity contribution is -0.120. The highest BCUT2D eigenvalue weighted by molar-refractivity contribution is 9.10. The molecule has 0 spiro atoms. The zero-order chi connectivity index (χ0) is 8.85. The van der Waals surface area contributed by atoms with Gasteiger partial charge in [-0.15, -0.1) is 0 Å². The van der Waals surface area contributed by atoms with Crippen LogP contribution in [0.5, 0.6) is 0 Å². The Bertz CT molecular complexity index is 123. The predicted octanol–water partition coefficient (Wildman–Crippen LogP) is 1.93. The summed E-state index contributed by atoms with van der Waals surface area (Å²) >= 11 is 3.19. The molecule has 1 amide bonds. The van der Waals surface area contributed by atoms with E-state index in [9.17, 15) is 4.79 Å². The van der Waals surface area contributed by atoms with Gasteiger partial charge in [0, 0.05) is 6.54 Å². The Kier molecular flexibility index (Phi) is 5.56. The van der Waals surface area contributed by atoms with Crippen LogP contribution in [0.25, 0.3) is 0 Å². The van der Waals surface area contributed by atoms with Crippen molar-refractivity contribution in [1.82, 2.24) is 5.32 Å². The summed E-state index contributed by atoms with van der Waals surface area (Å²) in [6, 6.07) is 0. The first-order valence-electron chi connectivity index (χ1n) is 3.95. The highest BCUT2D eigenvalue weighted by atomic mass is 79.9. The van der Waals surface area contributed by atoms with Crippen molar-refractivity contribution in [3.05, 3.63) is 0 Å². The fourth-order valence-electron chi connectivity index (χ4n) is 0.625. The molecule has 0 aliphatic rings. The van der Waals surface area contributed by atoms with Crippen LogP contribution in [-0.4, -0.2) is 17.3 Å². The van der Waals surface area contributed by atoms with Crippen LogP contribution in [0.2, 0.25) is 0 Å². The molecule has 0 aliphatic carbocycles. The summed E-state index contributed by atoms with van der Waals surface area (Å²) in [6.07, 6.45) is 1.05. The number of amides is 1. The fourth-order valence-corrected chi connectivity index (χ4v) is 0.787. The molecule has 0 aliphatic heterocycles. The van der Waals surface area contributed by atoms with Crippen molar-refractivity contribution in [2.24, 2.45) is 5.92 Å². The van der Waals surface area contributed by atoms with Crippen LogP contribution in [-0.2, 0) is 4.79 Å². The van der Waals surface area contributed by atoms with E-state index < -0.39 is 0 Å². The summed E-state index contributed by atoms with van der Waals surface area (Å²) in [7, 11) is 0. The maximum atomic E-state index is 11.0. The predicted molar refractivity (Wildman–Crippen MR) is 50.9 cm³/mol. The molecule has 0 heterocycles. The Hall–Kier alpha value is -0.0500. The minimum Gasteiger partial charge on any atom is -0.355 e. The highest BCUT2D eigenvalue weighted by Crippen LogP contribution is 1.99. The van der Waals surface area contributed by atoms with Crippen molar-refractivity contribution < 1.29 is 4.79 Å². The van der Waals surface area contributed by atoms with Crippen LogP contribution in [0.15, 0.2) is 0 Å². The molecule has 11 heavy (non-hydrogen) atoms. The molecule has 1 N–H and O–H groups in total. The molecule has 0 fully saturated rings. The van der Waals surface area contributed by atoms with Gasteiger partial charge in [-0.05, 0) is 19.3 Å². The lowest BCUT2D eigenvalue weighted by atomic mass is 10.1. The van der Waals surface area contributed by atoms with E-state index in [2.05, 4.69) is 35.1 Å². The van der Waals surface area contributed by atoms with Crippen molar-refractivity contribution >= 4 is 21.8 Å². The number of carbonyl (C=O) groups is 1. The first kappa shape index (κ1) is 11.0. The van der Waals surface area contributed by atoms with Crippen molar-refractivity contribution in [1.29, 1.82) is 0 Å². The van der Waals surface area contributed by atoms with Crippen LogP contribution in [0.4, 0.5) is 0 Å². The Morgan fingerprint density at radius 2 is 2.00 bits per heavy atom. The van der Waals surface area contributed by atoms with Crippen LogP contribution in [0.3, 0.4) is 0 Å². The van der Waals surface area contributed by atoms with Gasteiger partial charge in [0.25, 0.3) is 0 Å². The number of hydrogen-bond acceptors (Lipinski definition) is 1. The minimum atomic E-state index is -0.0744. The summed E-state index contributed by atoms with van der Waals surface area (Å²) in [5.41, 5.74) is 0. The van der Waals surface area contributed by atoms with Crippen molar-refractivity contribution in [2.75, 3.05) is 6.54 Å². The molecular weight excluding hydrogens is 206 g/mol. The second kappa shape index (κ2) is 5.58. The number of carbonyl (C=O) groups excluding carboxylic acids is 1. The van der Waals surface area contributed by atoms with Crippen molar-refractivity contribution in [2.45, 2.75) is 32.0 Å². The average Bonchev–Trinajstić information content (AvgIpc) is 1.86. The van der Waals surface area contributed by atoms with Gasteiger partial charge in [-0.1, -0.05) is 29.8 Å². The van der Waals surface area contributed by atoms with E-state index in [0.29, 0.717) is 5.92 Å². The van der Waals surface area contributed by atoms with Crippen molar-refractivity contribution in [3.63, 3.8) is 0 Å². The van der Waals surface area contributed by atoms with Gasteiger partial charge in [0.05, 0.1) is 4.83 Å². The van der Waals surface area contributed by atoms with E-state index in [1.807, 2.05) is 6.92 Å². The number of halogens is 1. The molecule has 0 aromatic heterocycles. The lowest BCUT2D eigenvalue weighted by Crippen LogP contribution is -2.30. The average molecular weight is 222 g/mol. The number of alkyl halides is 1. The molecule has 0 bridgehead atoms. The van der Waals surface area contributed by atoms with Gasteiger partial charge < -0.3 is 5.32 Å². The fraction of sp³-hybridized carbons (Fsp3) is 0.875. The van der Waals surface area contributed by atoms with Gasteiger partial charge in [-0.3, -0.25) is 4.79 Å². The van der Waals surface area contributed by atoms with Gasteiger partial charge >= 0.3 is 0 Å². The normalized spacial score (nSPS) is 13.2. The molecule has 1 atom stereocenters. The molecular formula is C8H16BrNO. The summed E-state index contributed by atoms with van der Waals surface area (Å²) < 4.78 is 0. The molecule has 0 saturated heterocycles. The molecule has 0 radical (unpaired) electrons. The van der Waals surface area contributed by atoms with Crippen LogP contribution in [0, 0.1) is 5.92 Å². The number of hydrogen-bond donors (Lipinski definition) is 1. The Morgan fingerprint density at radius 3 is 2.36 bits per heavy atom. The number of nitrogens with one attached hydrogen (secondary N) is 1. The third kappa shape index (κ3) is 6.35. The molecule has 0 rings (SSSR count). The summed E-state index contributed by atoms with van der Waals surface area (Å²) in [6.45, 7) is 6.89. The standard InChI is InChI=1S/C8H16BrNO/c1-6(2)4-5-10-8(11)7(3)9/h6-7H,4-5H2,1-3H3,(H,10,11)/t7-/m1/s1. The molecule has 3 heteroatoms. The van der Waals surface area contributed by atoms with Crippen molar-refractivity contribution in [3.8, 4) is 0 Å². The summed E-state index contributed by atoms with van der Waals surface area (Å²) in [5, 5.41) is 2.83. The molecule has 0 aromatic rings. The second-order valence-electron chi connectivity index (χ2n) is 3.09. The molecule has 0 saturated carbocycles. The molecule has 66 valence electrons. The third-order valence-corrected chi connectivity index (χ3v) is 1.80. The van der Waals surface area contributed by atoms with Crippen LogP contribution >= 0.6 is 15.9 Å². The van der Waals surface area contributed by atoms with E-state index in [1.54, 1.807) is 0 Å². The zero-order valence-corrected chi connectivity index (χ0v) is 8.94. The Labute approximate surface area is 76.9 Å². The minimum absolute atomic E-state index is 0.0744. The smallest absolute Gasteiger partial charge is 0.233 e. The first-order chi connectivity index (χ1) is 5.04. The third-order valence-electron chi connectivity index (χ3n) is 1.38. The quantitative estimate of drug-likeness (QED) is 0.723. The molecule has 0 unspecified atom stereocenters. The second-order valence-corrected chi connectivity index (χ2v) is 4.46. The highest BCUT2D eigenvalue weighted by Gasteiger charge is 2.06. The van der Waals surface area contributed by atoms with Gasteiger partial charge in [0.2, 0.25) is 5.91 Å². The Morgan fingerprint density at radius 1 is 1.45 bits per heavy atom. The van der Waals surface area contributed by atoms with E-state index in [4.69, 9.17) is 0 Å². The molecule has 2 nitrogen and oxygen atoms in total. The summed E-state index contributed by atoms with van der Waals surface area (Å²) in [5.74, 6) is 0.728. The maximum Gasteiger partial charge on any atom is 0.233 e. The van der Waals surface area contributed by atoms with Gasteiger partial charge in [-0.2, -0.15) is 0 Å². The SMILES string of the molecule is CC(C)CCNC(=O)[C@@H](C)Br. The largest absolute Gasteiger partial charge is 0.355 e. The van der Waals surface area contributed by atoms with E-state index >= 15 is 0 Å². The topological polar surface area (TPSA) is 29.1 Å². The van der Waals surface area contributed by atoms with Crippen LogP contribution in [0.1, 0.15) is 27.2 Å². The Balaban J connectivity index is 3.32. The first-order valence-corrected chi connectivity index (χ1v) is 4.87. The van der Waals surface area contributed by atoms with Gasteiger partial charge in [0.15, 0.2) is 0 Å². The van der Waals surface area contributed by atoms with Crippen LogP contribution < -0.4 is 5.32 Å². The maximum absolute atomic E-state index is 11.0. The molecule has 0 aromatic carbocycles. The van der Waals surface area contributed by atoms with E-state index in [0.717, 1.165) is 13.0 Å². The van der Waals surface area contributed by atoms with Gasteiger partial charge in [-0.25, -0.2) is 0 Å². The summed E-state index contributed by atoms with van der Waals surface area (Å²) in [4.78, 5) is 10.9. The number of rotatable bonds is 4. The van der Waals surface area contributed by atoms with Gasteiger partial charge in [0.1, 0.15) is 0 Å². The zero-order valence-electron chi connectivity index (χ0n) is 7.36.